The minimum Gasteiger partial charge on any atom is -0.305 e. The largest absolute Gasteiger partial charge is 0.305 e. The fourth-order valence-electron chi connectivity index (χ4n) is 3.32. The van der Waals surface area contributed by atoms with E-state index in [9.17, 15) is 0 Å². The molecule has 1 aromatic heterocycles. The zero-order chi connectivity index (χ0) is 13.8. The third-order valence-electron chi connectivity index (χ3n) is 4.08. The molecule has 1 aliphatic rings. The highest BCUT2D eigenvalue weighted by molar-refractivity contribution is 7.09. The van der Waals surface area contributed by atoms with Crippen molar-refractivity contribution in [3.05, 3.63) is 16.1 Å². The lowest BCUT2D eigenvalue weighted by atomic mass is 9.81. The molecular weight excluding hydrogens is 252 g/mol. The number of hydrogen-bond donors (Lipinski definition) is 1. The normalized spacial score (nSPS) is 25.7. The summed E-state index contributed by atoms with van der Waals surface area (Å²) in [6, 6.07) is 1.10. The zero-order valence-electron chi connectivity index (χ0n) is 12.8. The Labute approximate surface area is 122 Å². The molecule has 1 saturated carbocycles. The molecule has 2 nitrogen and oxygen atoms in total. The van der Waals surface area contributed by atoms with Gasteiger partial charge in [0.15, 0.2) is 0 Å². The van der Waals surface area contributed by atoms with Gasteiger partial charge in [0, 0.05) is 17.1 Å². The summed E-state index contributed by atoms with van der Waals surface area (Å²) >= 11 is 1.78. The summed E-state index contributed by atoms with van der Waals surface area (Å²) in [5.74, 6) is 1.76. The molecule has 3 heteroatoms. The van der Waals surface area contributed by atoms with Crippen molar-refractivity contribution in [2.45, 2.75) is 71.9 Å². The lowest BCUT2D eigenvalue weighted by Gasteiger charge is -2.32. The lowest BCUT2D eigenvalue weighted by molar-refractivity contribution is 0.242. The van der Waals surface area contributed by atoms with E-state index < -0.39 is 0 Å². The van der Waals surface area contributed by atoms with Gasteiger partial charge in [-0.25, -0.2) is 4.98 Å². The maximum absolute atomic E-state index is 4.60. The van der Waals surface area contributed by atoms with Crippen LogP contribution in [0, 0.1) is 18.8 Å². The van der Waals surface area contributed by atoms with E-state index in [0.29, 0.717) is 12.1 Å². The Morgan fingerprint density at radius 3 is 2.79 bits per heavy atom. The molecule has 19 heavy (non-hydrogen) atoms. The second kappa shape index (κ2) is 6.85. The first-order chi connectivity index (χ1) is 9.04. The van der Waals surface area contributed by atoms with Gasteiger partial charge in [-0.05, 0) is 44.9 Å². The lowest BCUT2D eigenvalue weighted by Crippen LogP contribution is -2.36. The number of hydrogen-bond acceptors (Lipinski definition) is 3. The molecular formula is C16H28N2S. The monoisotopic (exact) mass is 280 g/mol. The minimum absolute atomic E-state index is 0.404. The maximum Gasteiger partial charge on any atom is 0.110 e. The molecule has 0 radical (unpaired) electrons. The van der Waals surface area contributed by atoms with Gasteiger partial charge >= 0.3 is 0 Å². The Kier molecular flexibility index (Phi) is 5.40. The number of aromatic nitrogens is 1. The number of nitrogens with one attached hydrogen (secondary N) is 1. The van der Waals surface area contributed by atoms with Crippen LogP contribution < -0.4 is 5.32 Å². The average Bonchev–Trinajstić information content (AvgIpc) is 2.75. The summed E-state index contributed by atoms with van der Waals surface area (Å²) in [5, 5.41) is 7.19. The molecule has 108 valence electrons. The third-order valence-corrected chi connectivity index (χ3v) is 5.23. The van der Waals surface area contributed by atoms with E-state index in [1.807, 2.05) is 0 Å². The molecule has 1 N–H and O–H groups in total. The first-order valence-corrected chi connectivity index (χ1v) is 8.60. The summed E-state index contributed by atoms with van der Waals surface area (Å²) in [6.45, 7) is 9.02. The molecule has 0 bridgehead atoms. The molecule has 0 amide bonds. The molecule has 3 atom stereocenters. The molecule has 3 unspecified atom stereocenters. The first-order valence-electron chi connectivity index (χ1n) is 7.72. The van der Waals surface area contributed by atoms with Crippen LogP contribution in [0.5, 0.6) is 0 Å². The molecule has 1 heterocycles. The summed E-state index contributed by atoms with van der Waals surface area (Å²) in [4.78, 5) is 4.60. The van der Waals surface area contributed by atoms with Crippen LogP contribution in [0.3, 0.4) is 0 Å². The van der Waals surface area contributed by atoms with Crippen molar-refractivity contribution < 1.29 is 0 Å². The molecule has 0 aliphatic heterocycles. The molecule has 1 aliphatic carbocycles. The van der Waals surface area contributed by atoms with E-state index in [-0.39, 0.29) is 0 Å². The van der Waals surface area contributed by atoms with Crippen molar-refractivity contribution in [1.29, 1.82) is 0 Å². The summed E-state index contributed by atoms with van der Waals surface area (Å²) in [6.07, 6.45) is 6.90. The third kappa shape index (κ3) is 4.57. The van der Waals surface area contributed by atoms with Gasteiger partial charge < -0.3 is 5.32 Å². The van der Waals surface area contributed by atoms with Gasteiger partial charge in [0.25, 0.3) is 0 Å². The number of aryl methyl sites for hydroxylation is 1. The first kappa shape index (κ1) is 15.0. The SMILES string of the molecule is Cc1csc(C(C)NC2CCCC(CC(C)C)C2)n1. The number of nitrogens with zero attached hydrogens (tertiary/aromatic N) is 1. The quantitative estimate of drug-likeness (QED) is 0.845. The summed E-state index contributed by atoms with van der Waals surface area (Å²) in [7, 11) is 0. The topological polar surface area (TPSA) is 24.9 Å². The van der Waals surface area contributed by atoms with Gasteiger partial charge in [0.05, 0.1) is 6.04 Å². The van der Waals surface area contributed by atoms with Crippen molar-refractivity contribution >= 4 is 11.3 Å². The highest BCUT2D eigenvalue weighted by Gasteiger charge is 2.24. The van der Waals surface area contributed by atoms with Crippen LogP contribution in [0.15, 0.2) is 5.38 Å². The van der Waals surface area contributed by atoms with E-state index in [0.717, 1.165) is 17.5 Å². The molecule has 0 saturated heterocycles. The second-order valence-corrected chi connectivity index (χ2v) is 7.46. The van der Waals surface area contributed by atoms with Crippen LogP contribution in [-0.4, -0.2) is 11.0 Å². The van der Waals surface area contributed by atoms with Crippen LogP contribution in [-0.2, 0) is 0 Å². The Morgan fingerprint density at radius 2 is 2.16 bits per heavy atom. The maximum atomic E-state index is 4.60. The van der Waals surface area contributed by atoms with Crippen LogP contribution in [0.4, 0.5) is 0 Å². The van der Waals surface area contributed by atoms with Gasteiger partial charge in [-0.1, -0.05) is 26.7 Å². The molecule has 0 spiro atoms. The van der Waals surface area contributed by atoms with Gasteiger partial charge in [0.1, 0.15) is 5.01 Å². The van der Waals surface area contributed by atoms with Crippen LogP contribution in [0.2, 0.25) is 0 Å². The number of thiazole rings is 1. The van der Waals surface area contributed by atoms with Crippen molar-refractivity contribution in [1.82, 2.24) is 10.3 Å². The molecule has 1 fully saturated rings. The van der Waals surface area contributed by atoms with Gasteiger partial charge in [0.2, 0.25) is 0 Å². The predicted molar refractivity (Wildman–Crippen MR) is 83.6 cm³/mol. The summed E-state index contributed by atoms with van der Waals surface area (Å²) < 4.78 is 0. The Balaban J connectivity index is 1.84. The van der Waals surface area contributed by atoms with E-state index >= 15 is 0 Å². The van der Waals surface area contributed by atoms with E-state index in [4.69, 9.17) is 0 Å². The fraction of sp³-hybridized carbons (Fsp3) is 0.812. The highest BCUT2D eigenvalue weighted by Crippen LogP contribution is 2.30. The van der Waals surface area contributed by atoms with E-state index in [1.165, 1.54) is 37.1 Å². The predicted octanol–water partition coefficient (Wildman–Crippen LogP) is 4.71. The van der Waals surface area contributed by atoms with Crippen molar-refractivity contribution in [2.24, 2.45) is 11.8 Å². The Bertz CT molecular complexity index is 386. The van der Waals surface area contributed by atoms with E-state index in [1.54, 1.807) is 11.3 Å². The molecule has 2 rings (SSSR count). The average molecular weight is 280 g/mol. The second-order valence-electron chi connectivity index (χ2n) is 6.57. The van der Waals surface area contributed by atoms with Crippen LogP contribution in [0.1, 0.15) is 69.6 Å². The van der Waals surface area contributed by atoms with Crippen LogP contribution >= 0.6 is 11.3 Å². The fourth-order valence-corrected chi connectivity index (χ4v) is 4.13. The van der Waals surface area contributed by atoms with Crippen molar-refractivity contribution in [3.63, 3.8) is 0 Å². The van der Waals surface area contributed by atoms with Crippen molar-refractivity contribution in [2.75, 3.05) is 0 Å². The molecule has 0 aromatic carbocycles. The minimum atomic E-state index is 0.404. The Morgan fingerprint density at radius 1 is 1.37 bits per heavy atom. The Hall–Kier alpha value is -0.410. The molecule has 1 aromatic rings. The van der Waals surface area contributed by atoms with Gasteiger partial charge in [-0.15, -0.1) is 11.3 Å². The smallest absolute Gasteiger partial charge is 0.110 e. The van der Waals surface area contributed by atoms with E-state index in [2.05, 4.69) is 43.4 Å². The highest BCUT2D eigenvalue weighted by atomic mass is 32.1. The summed E-state index contributed by atoms with van der Waals surface area (Å²) in [5.41, 5.74) is 1.15. The van der Waals surface area contributed by atoms with Crippen molar-refractivity contribution in [3.8, 4) is 0 Å². The standard InChI is InChI=1S/C16H28N2S/c1-11(2)8-14-6-5-7-15(9-14)18-13(4)16-17-12(3)10-19-16/h10-11,13-15,18H,5-9H2,1-4H3. The van der Waals surface area contributed by atoms with Crippen LogP contribution in [0.25, 0.3) is 0 Å². The number of rotatable bonds is 5. The van der Waals surface area contributed by atoms with Gasteiger partial charge in [-0.2, -0.15) is 0 Å². The van der Waals surface area contributed by atoms with Gasteiger partial charge in [-0.3, -0.25) is 0 Å². The zero-order valence-corrected chi connectivity index (χ0v) is 13.6.